The Balaban J connectivity index is 1.56. The molecule has 0 amide bonds. The number of thiophene rings is 1. The first-order valence-corrected chi connectivity index (χ1v) is 6.08. The van der Waals surface area contributed by atoms with Crippen LogP contribution in [0.3, 0.4) is 0 Å². The molecule has 0 aliphatic rings. The molecule has 0 aliphatic heterocycles. The van der Waals surface area contributed by atoms with Crippen LogP contribution in [0.15, 0.2) is 35.3 Å². The predicted octanol–water partition coefficient (Wildman–Crippen LogP) is 1.78. The van der Waals surface area contributed by atoms with Gasteiger partial charge in [-0.1, -0.05) is 0 Å². The maximum atomic E-state index is 4.14. The Morgan fingerprint density at radius 2 is 2.40 bits per heavy atom. The molecule has 0 aromatic carbocycles. The quantitative estimate of drug-likeness (QED) is 0.754. The molecule has 0 spiro atoms. The number of hydrogen-bond acceptors (Lipinski definition) is 3. The van der Waals surface area contributed by atoms with Gasteiger partial charge < -0.3 is 5.32 Å². The van der Waals surface area contributed by atoms with E-state index in [-0.39, 0.29) is 0 Å². The Hall–Kier alpha value is -1.13. The van der Waals surface area contributed by atoms with Gasteiger partial charge in [0.25, 0.3) is 0 Å². The molecule has 3 nitrogen and oxygen atoms in total. The van der Waals surface area contributed by atoms with Crippen LogP contribution >= 0.6 is 11.3 Å². The zero-order valence-corrected chi connectivity index (χ0v) is 9.41. The summed E-state index contributed by atoms with van der Waals surface area (Å²) in [6.07, 6.45) is 4.91. The van der Waals surface area contributed by atoms with Crippen molar-refractivity contribution in [3.63, 3.8) is 0 Å². The van der Waals surface area contributed by atoms with Gasteiger partial charge in [0, 0.05) is 18.9 Å². The Kier molecular flexibility index (Phi) is 3.93. The van der Waals surface area contributed by atoms with Gasteiger partial charge >= 0.3 is 0 Å². The van der Waals surface area contributed by atoms with Crippen molar-refractivity contribution in [2.24, 2.45) is 0 Å². The summed E-state index contributed by atoms with van der Waals surface area (Å²) in [7, 11) is 0. The summed E-state index contributed by atoms with van der Waals surface area (Å²) in [5, 5.41) is 11.9. The fourth-order valence-corrected chi connectivity index (χ4v) is 2.12. The second-order valence-electron chi connectivity index (χ2n) is 3.40. The van der Waals surface area contributed by atoms with Gasteiger partial charge in [0.15, 0.2) is 0 Å². The molecule has 15 heavy (non-hydrogen) atoms. The number of aromatic nitrogens is 2. The Bertz CT molecular complexity index is 317. The molecule has 0 radical (unpaired) electrons. The minimum Gasteiger partial charge on any atom is -0.315 e. The summed E-state index contributed by atoms with van der Waals surface area (Å²) in [5.41, 5.74) is 1.42. The summed E-state index contributed by atoms with van der Waals surface area (Å²) >= 11 is 1.76. The summed E-state index contributed by atoms with van der Waals surface area (Å²) in [6.45, 7) is 2.96. The molecule has 0 saturated carbocycles. The number of nitrogens with zero attached hydrogens (tertiary/aromatic N) is 2. The maximum absolute atomic E-state index is 4.14. The molecule has 1 N–H and O–H groups in total. The highest BCUT2D eigenvalue weighted by Crippen LogP contribution is 2.05. The summed E-state index contributed by atoms with van der Waals surface area (Å²) in [6, 6.07) is 4.13. The fourth-order valence-electron chi connectivity index (χ4n) is 1.42. The van der Waals surface area contributed by atoms with Crippen LogP contribution in [0.4, 0.5) is 0 Å². The van der Waals surface area contributed by atoms with E-state index in [9.17, 15) is 0 Å². The van der Waals surface area contributed by atoms with Crippen molar-refractivity contribution in [2.45, 2.75) is 13.0 Å². The maximum Gasteiger partial charge on any atom is 0.0533 e. The summed E-state index contributed by atoms with van der Waals surface area (Å²) < 4.78 is 1.94. The van der Waals surface area contributed by atoms with Gasteiger partial charge in [0.2, 0.25) is 0 Å². The zero-order chi connectivity index (χ0) is 10.3. The first kappa shape index (κ1) is 10.4. The topological polar surface area (TPSA) is 29.9 Å². The number of rotatable bonds is 6. The lowest BCUT2D eigenvalue weighted by Gasteiger charge is -2.03. The highest BCUT2D eigenvalue weighted by Gasteiger charge is 1.93. The van der Waals surface area contributed by atoms with Crippen LogP contribution in [-0.2, 0) is 13.0 Å². The van der Waals surface area contributed by atoms with Crippen molar-refractivity contribution >= 4 is 11.3 Å². The van der Waals surface area contributed by atoms with Gasteiger partial charge in [-0.3, -0.25) is 4.68 Å². The predicted molar refractivity (Wildman–Crippen MR) is 63.1 cm³/mol. The van der Waals surface area contributed by atoms with Crippen LogP contribution in [-0.4, -0.2) is 22.9 Å². The van der Waals surface area contributed by atoms with E-state index in [1.165, 1.54) is 5.56 Å². The Labute approximate surface area is 93.7 Å². The van der Waals surface area contributed by atoms with Crippen molar-refractivity contribution in [1.29, 1.82) is 0 Å². The average molecular weight is 221 g/mol. The van der Waals surface area contributed by atoms with Crippen molar-refractivity contribution in [3.8, 4) is 0 Å². The second kappa shape index (κ2) is 5.68. The third-order valence-corrected chi connectivity index (χ3v) is 2.98. The van der Waals surface area contributed by atoms with Crippen LogP contribution in [0, 0.1) is 0 Å². The van der Waals surface area contributed by atoms with E-state index in [1.54, 1.807) is 11.3 Å². The summed E-state index contributed by atoms with van der Waals surface area (Å²) in [4.78, 5) is 0. The smallest absolute Gasteiger partial charge is 0.0533 e. The molecule has 2 rings (SSSR count). The van der Waals surface area contributed by atoms with Crippen molar-refractivity contribution < 1.29 is 0 Å². The van der Waals surface area contributed by atoms with Crippen LogP contribution in [0.5, 0.6) is 0 Å². The third-order valence-electron chi connectivity index (χ3n) is 2.25. The van der Waals surface area contributed by atoms with Crippen molar-refractivity contribution in [3.05, 3.63) is 40.8 Å². The van der Waals surface area contributed by atoms with E-state index in [0.29, 0.717) is 0 Å². The van der Waals surface area contributed by atoms with E-state index in [2.05, 4.69) is 27.2 Å². The fraction of sp³-hybridized carbons (Fsp3) is 0.364. The lowest BCUT2D eigenvalue weighted by Crippen LogP contribution is -2.22. The van der Waals surface area contributed by atoms with Gasteiger partial charge in [-0.2, -0.15) is 16.4 Å². The van der Waals surface area contributed by atoms with Gasteiger partial charge in [-0.15, -0.1) is 0 Å². The van der Waals surface area contributed by atoms with Gasteiger partial charge in [-0.25, -0.2) is 0 Å². The first-order chi connectivity index (χ1) is 7.45. The van der Waals surface area contributed by atoms with E-state index in [0.717, 1.165) is 26.1 Å². The largest absolute Gasteiger partial charge is 0.315 e. The van der Waals surface area contributed by atoms with E-state index in [4.69, 9.17) is 0 Å². The molecule has 0 unspecified atom stereocenters. The molecule has 0 fully saturated rings. The molecular formula is C11H15N3S. The van der Waals surface area contributed by atoms with Crippen LogP contribution in [0.25, 0.3) is 0 Å². The minimum absolute atomic E-state index is 0.941. The van der Waals surface area contributed by atoms with Crippen LogP contribution < -0.4 is 5.32 Å². The molecule has 80 valence electrons. The molecule has 2 aromatic rings. The second-order valence-corrected chi connectivity index (χ2v) is 4.18. The van der Waals surface area contributed by atoms with Crippen molar-refractivity contribution in [1.82, 2.24) is 15.1 Å². The lowest BCUT2D eigenvalue weighted by molar-refractivity contribution is 0.556. The Morgan fingerprint density at radius 3 is 3.13 bits per heavy atom. The zero-order valence-electron chi connectivity index (χ0n) is 8.60. The van der Waals surface area contributed by atoms with E-state index >= 15 is 0 Å². The van der Waals surface area contributed by atoms with Crippen LogP contribution in [0.2, 0.25) is 0 Å². The highest BCUT2D eigenvalue weighted by atomic mass is 32.1. The Morgan fingerprint density at radius 1 is 1.40 bits per heavy atom. The monoisotopic (exact) mass is 221 g/mol. The van der Waals surface area contributed by atoms with E-state index in [1.807, 2.05) is 23.1 Å². The van der Waals surface area contributed by atoms with Gasteiger partial charge in [0.1, 0.15) is 0 Å². The molecule has 0 saturated heterocycles. The number of nitrogens with one attached hydrogen (secondary N) is 1. The summed E-state index contributed by atoms with van der Waals surface area (Å²) in [5.74, 6) is 0. The number of hydrogen-bond donors (Lipinski definition) is 1. The molecule has 4 heteroatoms. The SMILES string of the molecule is c1cnn(CCNCCc2ccsc2)c1. The highest BCUT2D eigenvalue weighted by molar-refractivity contribution is 7.07. The average Bonchev–Trinajstić information content (AvgIpc) is 2.88. The van der Waals surface area contributed by atoms with Gasteiger partial charge in [-0.05, 0) is 41.4 Å². The first-order valence-electron chi connectivity index (χ1n) is 5.14. The van der Waals surface area contributed by atoms with Crippen molar-refractivity contribution in [2.75, 3.05) is 13.1 Å². The molecule has 2 heterocycles. The normalized spacial score (nSPS) is 10.7. The molecular weight excluding hydrogens is 206 g/mol. The third kappa shape index (κ3) is 3.49. The standard InChI is InChI=1S/C11H15N3S/c1-4-13-14(7-1)8-6-12-5-2-11-3-9-15-10-11/h1,3-4,7,9-10,12H,2,5-6,8H2. The lowest BCUT2D eigenvalue weighted by atomic mass is 10.2. The molecule has 2 aromatic heterocycles. The van der Waals surface area contributed by atoms with E-state index < -0.39 is 0 Å². The van der Waals surface area contributed by atoms with Crippen LogP contribution in [0.1, 0.15) is 5.56 Å². The minimum atomic E-state index is 0.941. The molecule has 0 atom stereocenters. The molecule has 0 aliphatic carbocycles. The molecule has 0 bridgehead atoms. The van der Waals surface area contributed by atoms with Gasteiger partial charge in [0.05, 0.1) is 6.54 Å².